The molecule has 0 atom stereocenters. The van der Waals surface area contributed by atoms with Gasteiger partial charge in [-0.05, 0) is 28.1 Å². The lowest BCUT2D eigenvalue weighted by Crippen LogP contribution is -1.85. The van der Waals surface area contributed by atoms with Crippen LogP contribution >= 0.6 is 27.5 Å². The molecule has 0 fully saturated rings. The Hall–Kier alpha value is -0.670. The maximum absolute atomic E-state index is 5.88. The molecule has 0 saturated heterocycles. The predicted octanol–water partition coefficient (Wildman–Crippen LogP) is 3.05. The van der Waals surface area contributed by atoms with E-state index in [0.29, 0.717) is 9.89 Å². The fraction of sp³-hybridized carbons (Fsp3) is 0. The van der Waals surface area contributed by atoms with E-state index in [1.807, 2.05) is 24.3 Å². The lowest BCUT2D eigenvalue weighted by molar-refractivity contribution is 1.16. The first kappa shape index (κ1) is 7.95. The molecule has 0 N–H and O–H groups in total. The van der Waals surface area contributed by atoms with Crippen LogP contribution in [0, 0.1) is 0 Å². The van der Waals surface area contributed by atoms with Crippen molar-refractivity contribution in [2.75, 3.05) is 0 Å². The van der Waals surface area contributed by atoms with Crippen molar-refractivity contribution in [3.05, 3.63) is 34.2 Å². The minimum atomic E-state index is 0.479. The topological polar surface area (TPSA) is 25.8 Å². The van der Waals surface area contributed by atoms with Gasteiger partial charge in [-0.1, -0.05) is 23.7 Å². The summed E-state index contributed by atoms with van der Waals surface area (Å²) in [5.41, 5.74) is 0.851. The Morgan fingerprint density at radius 1 is 1.17 bits per heavy atom. The first-order valence-corrected chi connectivity index (χ1v) is 4.52. The number of para-hydroxylation sites is 1. The van der Waals surface area contributed by atoms with Crippen LogP contribution in [0.3, 0.4) is 0 Å². The van der Waals surface area contributed by atoms with Crippen LogP contribution in [-0.2, 0) is 0 Å². The molecule has 0 aliphatic rings. The molecule has 2 nitrogen and oxygen atoms in total. The number of hydrogen-bond acceptors (Lipinski definition) is 2. The molecule has 2 aromatic rings. The molecule has 0 unspecified atom stereocenters. The zero-order valence-corrected chi connectivity index (χ0v) is 8.30. The standard InChI is InChI=1S/C8H4BrClN2/c9-8-11-6-4-2-1-3-5(6)7(10)12-8/h1-4H. The first-order chi connectivity index (χ1) is 5.77. The van der Waals surface area contributed by atoms with Gasteiger partial charge in [0.05, 0.1) is 5.52 Å². The van der Waals surface area contributed by atoms with Crippen LogP contribution in [0.4, 0.5) is 0 Å². The van der Waals surface area contributed by atoms with Gasteiger partial charge in [-0.2, -0.15) is 0 Å². The highest BCUT2D eigenvalue weighted by Crippen LogP contribution is 2.21. The smallest absolute Gasteiger partial charge is 0.198 e. The van der Waals surface area contributed by atoms with Crippen LogP contribution in [0.2, 0.25) is 5.15 Å². The molecule has 0 aliphatic heterocycles. The quantitative estimate of drug-likeness (QED) is 0.525. The average Bonchev–Trinajstić information content (AvgIpc) is 2.04. The number of nitrogens with zero attached hydrogens (tertiary/aromatic N) is 2. The van der Waals surface area contributed by atoms with Gasteiger partial charge in [-0.25, -0.2) is 9.97 Å². The highest BCUT2D eigenvalue weighted by molar-refractivity contribution is 9.10. The Bertz CT molecular complexity index is 430. The van der Waals surface area contributed by atoms with Gasteiger partial charge in [-0.3, -0.25) is 0 Å². The Morgan fingerprint density at radius 3 is 2.75 bits per heavy atom. The summed E-state index contributed by atoms with van der Waals surface area (Å²) >= 11 is 9.06. The molecule has 1 aromatic carbocycles. The zero-order chi connectivity index (χ0) is 8.55. The molecule has 12 heavy (non-hydrogen) atoms. The van der Waals surface area contributed by atoms with Crippen molar-refractivity contribution >= 4 is 38.4 Å². The molecule has 1 aromatic heterocycles. The third kappa shape index (κ3) is 1.30. The lowest BCUT2D eigenvalue weighted by atomic mass is 10.2. The molecule has 60 valence electrons. The zero-order valence-electron chi connectivity index (χ0n) is 5.96. The number of fused-ring (bicyclic) bond motifs is 1. The molecule has 0 bridgehead atoms. The van der Waals surface area contributed by atoms with Gasteiger partial charge in [-0.15, -0.1) is 0 Å². The van der Waals surface area contributed by atoms with Crippen LogP contribution in [0.1, 0.15) is 0 Å². The van der Waals surface area contributed by atoms with E-state index in [0.717, 1.165) is 10.9 Å². The number of hydrogen-bond donors (Lipinski definition) is 0. The van der Waals surface area contributed by atoms with E-state index < -0.39 is 0 Å². The van der Waals surface area contributed by atoms with Crippen LogP contribution in [0.15, 0.2) is 29.0 Å². The van der Waals surface area contributed by atoms with Crippen molar-refractivity contribution in [1.29, 1.82) is 0 Å². The number of aromatic nitrogens is 2. The normalized spacial score (nSPS) is 10.5. The lowest BCUT2D eigenvalue weighted by Gasteiger charge is -1.98. The van der Waals surface area contributed by atoms with Crippen molar-refractivity contribution in [2.24, 2.45) is 0 Å². The van der Waals surface area contributed by atoms with E-state index in [4.69, 9.17) is 11.6 Å². The number of benzene rings is 1. The molecular weight excluding hydrogens is 239 g/mol. The van der Waals surface area contributed by atoms with E-state index >= 15 is 0 Å². The largest absolute Gasteiger partial charge is 0.222 e. The molecule has 0 spiro atoms. The second kappa shape index (κ2) is 2.99. The van der Waals surface area contributed by atoms with Crippen LogP contribution in [0.25, 0.3) is 10.9 Å². The summed E-state index contributed by atoms with van der Waals surface area (Å²) in [4.78, 5) is 8.13. The highest BCUT2D eigenvalue weighted by atomic mass is 79.9. The van der Waals surface area contributed by atoms with Crippen molar-refractivity contribution < 1.29 is 0 Å². The summed E-state index contributed by atoms with van der Waals surface area (Å²) in [5.74, 6) is 0. The minimum Gasteiger partial charge on any atom is -0.222 e. The van der Waals surface area contributed by atoms with E-state index in [9.17, 15) is 0 Å². The van der Waals surface area contributed by atoms with Gasteiger partial charge >= 0.3 is 0 Å². The molecule has 4 heteroatoms. The maximum atomic E-state index is 5.88. The molecule has 0 aliphatic carbocycles. The summed E-state index contributed by atoms with van der Waals surface area (Å²) in [6.07, 6.45) is 0. The molecule has 0 radical (unpaired) electrons. The number of rotatable bonds is 0. The van der Waals surface area contributed by atoms with E-state index in [-0.39, 0.29) is 0 Å². The second-order valence-electron chi connectivity index (χ2n) is 2.30. The summed E-state index contributed by atoms with van der Waals surface area (Å²) in [5, 5.41) is 1.36. The Balaban J connectivity index is 2.89. The Labute approximate surface area is 82.7 Å². The predicted molar refractivity (Wildman–Crippen MR) is 52.2 cm³/mol. The summed E-state index contributed by atoms with van der Waals surface area (Å²) in [6, 6.07) is 7.61. The second-order valence-corrected chi connectivity index (χ2v) is 3.37. The fourth-order valence-corrected chi connectivity index (χ4v) is 1.72. The summed E-state index contributed by atoms with van der Waals surface area (Å²) < 4.78 is 0.520. The SMILES string of the molecule is Clc1nc(Br)nc2ccccc12. The third-order valence-corrected chi connectivity index (χ3v) is 2.17. The maximum Gasteiger partial charge on any atom is 0.198 e. The van der Waals surface area contributed by atoms with Crippen LogP contribution < -0.4 is 0 Å². The molecular formula is C8H4BrClN2. The van der Waals surface area contributed by atoms with Gasteiger partial charge < -0.3 is 0 Å². The monoisotopic (exact) mass is 242 g/mol. The van der Waals surface area contributed by atoms with Gasteiger partial charge in [0.25, 0.3) is 0 Å². The summed E-state index contributed by atoms with van der Waals surface area (Å²) in [7, 11) is 0. The van der Waals surface area contributed by atoms with Crippen molar-refractivity contribution in [3.63, 3.8) is 0 Å². The first-order valence-electron chi connectivity index (χ1n) is 3.35. The van der Waals surface area contributed by atoms with Crippen LogP contribution in [-0.4, -0.2) is 9.97 Å². The highest BCUT2D eigenvalue weighted by Gasteiger charge is 2.01. The van der Waals surface area contributed by atoms with Crippen molar-refractivity contribution in [2.45, 2.75) is 0 Å². The molecule has 1 heterocycles. The van der Waals surface area contributed by atoms with Gasteiger partial charge in [0.15, 0.2) is 4.73 Å². The minimum absolute atomic E-state index is 0.479. The van der Waals surface area contributed by atoms with Crippen molar-refractivity contribution in [1.82, 2.24) is 9.97 Å². The van der Waals surface area contributed by atoms with Crippen LogP contribution in [0.5, 0.6) is 0 Å². The van der Waals surface area contributed by atoms with Gasteiger partial charge in [0.2, 0.25) is 0 Å². The third-order valence-electron chi connectivity index (χ3n) is 1.53. The average molecular weight is 243 g/mol. The van der Waals surface area contributed by atoms with Gasteiger partial charge in [0.1, 0.15) is 5.15 Å². The van der Waals surface area contributed by atoms with E-state index in [1.54, 1.807) is 0 Å². The molecule has 2 rings (SSSR count). The fourth-order valence-electron chi connectivity index (χ4n) is 1.01. The Morgan fingerprint density at radius 2 is 1.92 bits per heavy atom. The van der Waals surface area contributed by atoms with E-state index in [1.165, 1.54) is 0 Å². The van der Waals surface area contributed by atoms with Gasteiger partial charge in [0, 0.05) is 5.39 Å². The Kier molecular flexibility index (Phi) is 1.98. The number of halogens is 2. The molecule has 0 amide bonds. The van der Waals surface area contributed by atoms with E-state index in [2.05, 4.69) is 25.9 Å². The van der Waals surface area contributed by atoms with Crippen molar-refractivity contribution in [3.8, 4) is 0 Å². The molecule has 0 saturated carbocycles. The summed E-state index contributed by atoms with van der Waals surface area (Å²) in [6.45, 7) is 0.